The summed E-state index contributed by atoms with van der Waals surface area (Å²) < 4.78 is 0. The standard InChI is InChI=1S/C50H73N19O7/c51-33(18-9-23-60-47(52)53)41(70)65-35(20-10-24-61-48(54)55)42(71)66-36(21-11-25-62-49(56)57)43(72)67-37(22-12-26-63-50(58)59)44(73)69-40(39(29-13-3-1-4-14-29)30-15-5-2-6-16-30)45(74)68-38(46(75)76)27-31-28-64-34-19-8-7-17-32(31)34/h1-8,13-17,19,28,33,35-40,64H,9-12,18,20-27,51H2,(H,65,70)(H,66,71)(H,67,72)(H,68,74)(H,69,73)(H,75,76)(H4,52,53,60)(H4,54,55,61)(H4,56,57,62)(H4,58,59,63)/t33-,35-,36-,37-,38-,40-/m0/s1. The van der Waals surface area contributed by atoms with Crippen molar-refractivity contribution in [1.82, 2.24) is 52.8 Å². The molecule has 0 unspecified atom stereocenters. The molecule has 0 radical (unpaired) electrons. The highest BCUT2D eigenvalue weighted by Gasteiger charge is 2.38. The molecule has 0 saturated carbocycles. The van der Waals surface area contributed by atoms with Crippen LogP contribution in [0.25, 0.3) is 10.9 Å². The molecule has 0 aliphatic heterocycles. The van der Waals surface area contributed by atoms with Gasteiger partial charge in [-0.3, -0.25) is 45.6 Å². The molecule has 4 aromatic rings. The number of hydrogen-bond acceptors (Lipinski definition) is 11. The number of para-hydroxylation sites is 1. The molecule has 4 rings (SSSR count). The van der Waals surface area contributed by atoms with Gasteiger partial charge in [-0.25, -0.2) is 4.79 Å². The van der Waals surface area contributed by atoms with Gasteiger partial charge in [0, 0.05) is 55.6 Å². The molecule has 76 heavy (non-hydrogen) atoms. The van der Waals surface area contributed by atoms with Crippen LogP contribution in [0, 0.1) is 21.6 Å². The molecule has 26 nitrogen and oxygen atoms in total. The van der Waals surface area contributed by atoms with Gasteiger partial charge in [-0.2, -0.15) is 0 Å². The molecule has 26 heteroatoms. The molecule has 3 aromatic carbocycles. The van der Waals surface area contributed by atoms with Crippen molar-refractivity contribution in [2.75, 3.05) is 26.2 Å². The number of fused-ring (bicyclic) bond motifs is 1. The molecule has 0 fully saturated rings. The summed E-state index contributed by atoms with van der Waals surface area (Å²) in [6.07, 6.45) is 2.46. The van der Waals surface area contributed by atoms with E-state index in [0.717, 1.165) is 10.9 Å². The number of carbonyl (C=O) groups excluding carboxylic acids is 5. The van der Waals surface area contributed by atoms with E-state index in [9.17, 15) is 33.9 Å². The molecule has 410 valence electrons. The second-order valence-electron chi connectivity index (χ2n) is 18.0. The van der Waals surface area contributed by atoms with Crippen LogP contribution >= 0.6 is 0 Å². The van der Waals surface area contributed by atoms with Crippen LogP contribution in [0.1, 0.15) is 74.0 Å². The summed E-state index contributed by atoms with van der Waals surface area (Å²) in [7, 11) is 0. The second kappa shape index (κ2) is 30.9. The number of aromatic amines is 1. The summed E-state index contributed by atoms with van der Waals surface area (Å²) in [4.78, 5) is 88.1. The largest absolute Gasteiger partial charge is 0.480 e. The summed E-state index contributed by atoms with van der Waals surface area (Å²) >= 11 is 0. The zero-order chi connectivity index (χ0) is 55.6. The van der Waals surface area contributed by atoms with E-state index in [2.05, 4.69) is 52.8 Å². The smallest absolute Gasteiger partial charge is 0.326 e. The van der Waals surface area contributed by atoms with Gasteiger partial charge in [0.05, 0.1) is 6.04 Å². The molecule has 25 N–H and O–H groups in total. The van der Waals surface area contributed by atoms with Crippen LogP contribution in [-0.4, -0.2) is 132 Å². The van der Waals surface area contributed by atoms with Crippen LogP contribution < -0.4 is 76.5 Å². The average Bonchev–Trinajstić information content (AvgIpc) is 3.79. The van der Waals surface area contributed by atoms with Crippen LogP contribution in [0.3, 0.4) is 0 Å². The lowest BCUT2D eigenvalue weighted by Crippen LogP contribution is -2.60. The number of nitrogens with two attached hydrogens (primary N) is 5. The van der Waals surface area contributed by atoms with Gasteiger partial charge in [0.1, 0.15) is 30.2 Å². The van der Waals surface area contributed by atoms with E-state index in [-0.39, 0.29) is 101 Å². The van der Waals surface area contributed by atoms with Gasteiger partial charge >= 0.3 is 5.97 Å². The van der Waals surface area contributed by atoms with Crippen molar-refractivity contribution in [3.05, 3.63) is 108 Å². The Morgan fingerprint density at radius 1 is 0.487 bits per heavy atom. The number of aliphatic carboxylic acids is 1. The number of aromatic nitrogens is 1. The normalized spacial score (nSPS) is 13.3. The lowest BCUT2D eigenvalue weighted by atomic mass is 9.84. The molecule has 0 saturated heterocycles. The summed E-state index contributed by atoms with van der Waals surface area (Å²) in [5.41, 5.74) is 30.6. The highest BCUT2D eigenvalue weighted by molar-refractivity contribution is 5.97. The number of benzene rings is 3. The first-order valence-corrected chi connectivity index (χ1v) is 24.8. The number of carbonyl (C=O) groups is 6. The maximum atomic E-state index is 14.9. The van der Waals surface area contributed by atoms with Gasteiger partial charge in [-0.05, 0) is 74.1 Å². The average molecular weight is 1050 g/mol. The molecule has 6 atom stereocenters. The van der Waals surface area contributed by atoms with Gasteiger partial charge in [0.25, 0.3) is 0 Å². The number of carboxylic acid groups (broad SMARTS) is 1. The van der Waals surface area contributed by atoms with E-state index in [0.29, 0.717) is 23.1 Å². The first-order chi connectivity index (χ1) is 36.3. The summed E-state index contributed by atoms with van der Waals surface area (Å²) in [6.45, 7) is 0.623. The van der Waals surface area contributed by atoms with E-state index < -0.39 is 77.7 Å². The molecule has 0 aliphatic carbocycles. The zero-order valence-electron chi connectivity index (χ0n) is 42.2. The Bertz CT molecular complexity index is 2560. The maximum absolute atomic E-state index is 14.9. The molecular formula is C50H73N19O7. The Kier molecular flexibility index (Phi) is 24.3. The minimum absolute atomic E-state index is 0.00282. The third-order valence-electron chi connectivity index (χ3n) is 12.1. The first-order valence-electron chi connectivity index (χ1n) is 24.8. The van der Waals surface area contributed by atoms with E-state index in [1.807, 2.05) is 24.3 Å². The minimum Gasteiger partial charge on any atom is -0.480 e. The van der Waals surface area contributed by atoms with Crippen LogP contribution in [-0.2, 0) is 35.2 Å². The quantitative estimate of drug-likeness (QED) is 0.0149. The minimum atomic E-state index is -1.50. The van der Waals surface area contributed by atoms with Crippen LogP contribution in [0.15, 0.2) is 91.1 Å². The topological polar surface area (TPSA) is 472 Å². The Balaban J connectivity index is 1.70. The number of carboxylic acids is 1. The first kappa shape index (κ1) is 59.6. The summed E-state index contributed by atoms with van der Waals surface area (Å²) in [6, 6.07) is 16.9. The second-order valence-corrected chi connectivity index (χ2v) is 18.0. The maximum Gasteiger partial charge on any atom is 0.326 e. The van der Waals surface area contributed by atoms with E-state index in [1.54, 1.807) is 66.9 Å². The molecule has 1 aromatic heterocycles. The highest BCUT2D eigenvalue weighted by atomic mass is 16.4. The van der Waals surface area contributed by atoms with Crippen molar-refractivity contribution in [2.45, 2.75) is 100.0 Å². The predicted octanol–water partition coefficient (Wildman–Crippen LogP) is -1.57. The van der Waals surface area contributed by atoms with Gasteiger partial charge in [0.2, 0.25) is 29.5 Å². The number of nitrogens with one attached hydrogen (secondary N) is 14. The molecule has 0 bridgehead atoms. The summed E-state index contributed by atoms with van der Waals surface area (Å²) in [5.74, 6) is -7.50. The fraction of sp³-hybridized carbons (Fsp3) is 0.400. The highest BCUT2D eigenvalue weighted by Crippen LogP contribution is 2.29. The van der Waals surface area contributed by atoms with E-state index in [4.69, 9.17) is 50.3 Å². The number of rotatable bonds is 32. The number of H-pyrrole nitrogens is 1. The van der Waals surface area contributed by atoms with Gasteiger partial charge in [-0.1, -0.05) is 78.9 Å². The Morgan fingerprint density at radius 3 is 1.30 bits per heavy atom. The molecule has 5 amide bonds. The van der Waals surface area contributed by atoms with E-state index in [1.165, 1.54) is 0 Å². The zero-order valence-corrected chi connectivity index (χ0v) is 42.2. The summed E-state index contributed by atoms with van der Waals surface area (Å²) in [5, 5.41) is 65.7. The van der Waals surface area contributed by atoms with Crippen LogP contribution in [0.4, 0.5) is 0 Å². The van der Waals surface area contributed by atoms with E-state index >= 15 is 0 Å². The van der Waals surface area contributed by atoms with Crippen molar-refractivity contribution in [2.24, 2.45) is 28.7 Å². The van der Waals surface area contributed by atoms with Crippen LogP contribution in [0.2, 0.25) is 0 Å². The molecule has 0 spiro atoms. The molecule has 0 aliphatic rings. The third kappa shape index (κ3) is 20.2. The molecule has 1 heterocycles. The van der Waals surface area contributed by atoms with Crippen molar-refractivity contribution in [3.63, 3.8) is 0 Å². The molecular weight excluding hydrogens is 979 g/mol. The van der Waals surface area contributed by atoms with Gasteiger partial charge < -0.3 is 86.6 Å². The fourth-order valence-electron chi connectivity index (χ4n) is 8.33. The van der Waals surface area contributed by atoms with Crippen LogP contribution in [0.5, 0.6) is 0 Å². The number of amides is 5. The van der Waals surface area contributed by atoms with Crippen molar-refractivity contribution >= 4 is 70.2 Å². The van der Waals surface area contributed by atoms with Crippen molar-refractivity contribution < 1.29 is 33.9 Å². The Hall–Kier alpha value is -8.94. The SMILES string of the molecule is N=C(N)NCCC[C@H](NC(=O)[C@H](CCCNC(=N)N)NC(=O)[C@@H](N)CCCNC(=N)N)C(=O)N[C@@H](CCCNC(=N)N)C(=O)N[C@H](C(=O)N[C@@H](Cc1c[nH]c2ccccc12)C(=O)O)C(c1ccccc1)c1ccccc1. The van der Waals surface area contributed by atoms with Crippen molar-refractivity contribution in [3.8, 4) is 0 Å². The Morgan fingerprint density at radius 2 is 0.868 bits per heavy atom. The van der Waals surface area contributed by atoms with Crippen molar-refractivity contribution in [1.29, 1.82) is 21.6 Å². The third-order valence-corrected chi connectivity index (χ3v) is 12.1. The monoisotopic (exact) mass is 1050 g/mol. The number of guanidine groups is 4. The fourth-order valence-corrected chi connectivity index (χ4v) is 8.33. The lowest BCUT2D eigenvalue weighted by molar-refractivity contribution is -0.142. The van der Waals surface area contributed by atoms with Gasteiger partial charge in [0.15, 0.2) is 23.8 Å². The number of hydrogen-bond donors (Lipinski definition) is 20. The predicted molar refractivity (Wildman–Crippen MR) is 289 cm³/mol. The Labute approximate surface area is 440 Å². The lowest BCUT2D eigenvalue weighted by Gasteiger charge is -2.31. The van der Waals surface area contributed by atoms with Gasteiger partial charge in [-0.15, -0.1) is 0 Å².